The molecule has 2 amide bonds. The van der Waals surface area contributed by atoms with Gasteiger partial charge in [-0.1, -0.05) is 42.5 Å². The summed E-state index contributed by atoms with van der Waals surface area (Å²) in [5.41, 5.74) is 6.01. The maximum Gasteiger partial charge on any atom is 0.326 e. The highest BCUT2D eigenvalue weighted by Crippen LogP contribution is 2.33. The van der Waals surface area contributed by atoms with Crippen molar-refractivity contribution in [3.8, 4) is 10.4 Å². The third kappa shape index (κ3) is 6.08. The van der Waals surface area contributed by atoms with Crippen LogP contribution in [0.4, 0.5) is 4.39 Å². The zero-order valence-corrected chi connectivity index (χ0v) is 19.8. The van der Waals surface area contributed by atoms with E-state index in [0.29, 0.717) is 4.88 Å². The van der Waals surface area contributed by atoms with Gasteiger partial charge in [-0.2, -0.15) is 0 Å². The van der Waals surface area contributed by atoms with E-state index in [9.17, 15) is 23.9 Å². The zero-order valence-electron chi connectivity index (χ0n) is 19.0. The van der Waals surface area contributed by atoms with Crippen LogP contribution < -0.4 is 5.73 Å². The van der Waals surface area contributed by atoms with Crippen LogP contribution in [0.3, 0.4) is 0 Å². The number of hydrogen-bond acceptors (Lipinski definition) is 4. The molecule has 34 heavy (non-hydrogen) atoms. The zero-order chi connectivity index (χ0) is 24.9. The molecule has 1 atom stereocenters. The fourth-order valence-corrected chi connectivity index (χ4v) is 4.95. The van der Waals surface area contributed by atoms with Crippen LogP contribution >= 0.6 is 11.3 Å². The number of nitrogens with two attached hydrogens (primary N) is 1. The Morgan fingerprint density at radius 1 is 1.03 bits per heavy atom. The maximum atomic E-state index is 13.8. The van der Waals surface area contributed by atoms with Gasteiger partial charge >= 0.3 is 5.97 Å². The van der Waals surface area contributed by atoms with Gasteiger partial charge in [0, 0.05) is 16.8 Å². The fraction of sp³-hybridized carbons (Fsp3) is 0.269. The van der Waals surface area contributed by atoms with Gasteiger partial charge in [0.05, 0.1) is 4.88 Å². The van der Waals surface area contributed by atoms with Crippen LogP contribution in [0.25, 0.3) is 10.4 Å². The van der Waals surface area contributed by atoms with Crippen LogP contribution in [0.1, 0.15) is 41.9 Å². The van der Waals surface area contributed by atoms with Gasteiger partial charge in [-0.05, 0) is 62.1 Å². The van der Waals surface area contributed by atoms with Gasteiger partial charge in [-0.3, -0.25) is 9.59 Å². The second-order valence-corrected chi connectivity index (χ2v) is 9.76. The van der Waals surface area contributed by atoms with E-state index < -0.39 is 29.4 Å². The number of carboxylic acid groups (broad SMARTS) is 1. The molecule has 0 saturated carbocycles. The van der Waals surface area contributed by atoms with Crippen molar-refractivity contribution in [3.63, 3.8) is 0 Å². The second kappa shape index (κ2) is 10.6. The van der Waals surface area contributed by atoms with Gasteiger partial charge in [0.15, 0.2) is 0 Å². The Morgan fingerprint density at radius 3 is 2.26 bits per heavy atom. The van der Waals surface area contributed by atoms with E-state index in [-0.39, 0.29) is 25.1 Å². The molecule has 3 aromatic rings. The number of carbonyl (C=O) groups excluding carboxylic acids is 2. The Kier molecular flexibility index (Phi) is 7.83. The van der Waals surface area contributed by atoms with Gasteiger partial charge in [0.1, 0.15) is 11.9 Å². The van der Waals surface area contributed by atoms with Crippen LogP contribution in [0.2, 0.25) is 0 Å². The van der Waals surface area contributed by atoms with Crippen molar-refractivity contribution in [1.82, 2.24) is 4.90 Å². The molecule has 0 spiro atoms. The Hall–Kier alpha value is -3.52. The van der Waals surface area contributed by atoms with Crippen molar-refractivity contribution in [2.24, 2.45) is 5.73 Å². The molecule has 3 rings (SSSR count). The summed E-state index contributed by atoms with van der Waals surface area (Å²) in [6, 6.07) is 17.7. The van der Waals surface area contributed by atoms with E-state index in [0.717, 1.165) is 16.0 Å². The molecule has 0 bridgehead atoms. The average molecular weight is 483 g/mol. The van der Waals surface area contributed by atoms with Gasteiger partial charge in [-0.15, -0.1) is 11.3 Å². The van der Waals surface area contributed by atoms with Gasteiger partial charge < -0.3 is 15.7 Å². The van der Waals surface area contributed by atoms with Crippen molar-refractivity contribution in [2.75, 3.05) is 0 Å². The third-order valence-corrected chi connectivity index (χ3v) is 6.68. The highest BCUT2D eigenvalue weighted by molar-refractivity contribution is 7.17. The van der Waals surface area contributed by atoms with Crippen molar-refractivity contribution in [1.29, 1.82) is 0 Å². The van der Waals surface area contributed by atoms with Crippen LogP contribution in [0.5, 0.6) is 0 Å². The van der Waals surface area contributed by atoms with E-state index in [1.54, 1.807) is 32.0 Å². The summed E-state index contributed by atoms with van der Waals surface area (Å²) in [6.45, 7) is 3.53. The number of primary amides is 1. The summed E-state index contributed by atoms with van der Waals surface area (Å²) in [6.07, 6.45) is 0.00351. The van der Waals surface area contributed by atoms with Crippen molar-refractivity contribution < 1.29 is 23.9 Å². The number of carbonyl (C=O) groups is 3. The molecule has 0 aliphatic carbocycles. The normalized spacial score (nSPS) is 12.2. The summed E-state index contributed by atoms with van der Waals surface area (Å²) in [7, 11) is 0. The number of hydrogen-bond donors (Lipinski definition) is 2. The van der Waals surface area contributed by atoms with Crippen LogP contribution in [-0.4, -0.2) is 39.4 Å². The molecule has 8 heteroatoms. The molecule has 0 fully saturated rings. The lowest BCUT2D eigenvalue weighted by atomic mass is 9.90. The second-order valence-electron chi connectivity index (χ2n) is 8.68. The molecule has 1 heterocycles. The number of thiophene rings is 1. The number of benzene rings is 2. The molecule has 178 valence electrons. The Balaban J connectivity index is 2.00. The number of amides is 2. The molecule has 0 radical (unpaired) electrons. The molecular formula is C26H27FN2O4S. The van der Waals surface area contributed by atoms with E-state index >= 15 is 0 Å². The largest absolute Gasteiger partial charge is 0.480 e. The lowest BCUT2D eigenvalue weighted by Gasteiger charge is -2.42. The van der Waals surface area contributed by atoms with Crippen molar-refractivity contribution >= 4 is 29.1 Å². The first-order valence-corrected chi connectivity index (χ1v) is 11.6. The van der Waals surface area contributed by atoms with Gasteiger partial charge in [0.2, 0.25) is 5.91 Å². The first-order chi connectivity index (χ1) is 16.1. The molecule has 3 N–H and O–H groups in total. The summed E-state index contributed by atoms with van der Waals surface area (Å²) in [5.74, 6) is -2.69. The number of nitrogens with zero attached hydrogens (tertiary/aromatic N) is 1. The molecule has 0 saturated heterocycles. The van der Waals surface area contributed by atoms with Crippen molar-refractivity contribution in [3.05, 3.63) is 83.0 Å². The molecule has 0 aliphatic rings. The molecule has 6 nitrogen and oxygen atoms in total. The number of aliphatic carboxylic acids is 1. The van der Waals surface area contributed by atoms with Crippen LogP contribution in [0, 0.1) is 5.82 Å². The molecular weight excluding hydrogens is 455 g/mol. The predicted octanol–water partition coefficient (Wildman–Crippen LogP) is 4.74. The predicted molar refractivity (Wildman–Crippen MR) is 130 cm³/mol. The first-order valence-electron chi connectivity index (χ1n) is 10.8. The monoisotopic (exact) mass is 482 g/mol. The molecule has 2 aromatic carbocycles. The highest BCUT2D eigenvalue weighted by Gasteiger charge is 2.41. The molecule has 0 unspecified atom stereocenters. The molecule has 1 aromatic heterocycles. The first kappa shape index (κ1) is 25.1. The number of carboxylic acids is 1. The SMILES string of the molecule is CC(C)(Cc1ccc(F)cc1)N(C(=O)c1ccc(-c2ccccc2)s1)[C@@H](CCC(N)=O)C(=O)O. The van der Waals surface area contributed by atoms with Gasteiger partial charge in [0.25, 0.3) is 5.91 Å². The quantitative estimate of drug-likeness (QED) is 0.436. The summed E-state index contributed by atoms with van der Waals surface area (Å²) in [4.78, 5) is 40.0. The highest BCUT2D eigenvalue weighted by atomic mass is 32.1. The molecule has 0 aliphatic heterocycles. The minimum atomic E-state index is -1.27. The average Bonchev–Trinajstić information content (AvgIpc) is 3.28. The van der Waals surface area contributed by atoms with Crippen molar-refractivity contribution in [2.45, 2.75) is 44.7 Å². The Labute approximate surface area is 201 Å². The topological polar surface area (TPSA) is 101 Å². The summed E-state index contributed by atoms with van der Waals surface area (Å²) < 4.78 is 13.4. The number of halogens is 1. The van der Waals surface area contributed by atoms with E-state index in [4.69, 9.17) is 5.73 Å². The lowest BCUT2D eigenvalue weighted by Crippen LogP contribution is -2.57. The van der Waals surface area contributed by atoms with E-state index in [2.05, 4.69) is 0 Å². The standard InChI is InChI=1S/C26H27FN2O4S/c1-26(2,16-17-8-10-19(27)11-9-17)29(20(25(32)33)12-15-23(28)30)24(31)22-14-13-21(34-22)18-6-4-3-5-7-18/h3-11,13-14,20H,12,15-16H2,1-2H3,(H2,28,30)(H,32,33)/t20-/m0/s1. The Bertz CT molecular complexity index is 1160. The third-order valence-electron chi connectivity index (χ3n) is 5.56. The fourth-order valence-electron chi connectivity index (χ4n) is 4.00. The maximum absolute atomic E-state index is 13.8. The summed E-state index contributed by atoms with van der Waals surface area (Å²) >= 11 is 1.27. The lowest BCUT2D eigenvalue weighted by molar-refractivity contribution is -0.144. The minimum absolute atomic E-state index is 0.111. The Morgan fingerprint density at radius 2 is 1.68 bits per heavy atom. The smallest absolute Gasteiger partial charge is 0.326 e. The number of rotatable bonds is 10. The van der Waals surface area contributed by atoms with Gasteiger partial charge in [-0.25, -0.2) is 9.18 Å². The van der Waals surface area contributed by atoms with E-state index in [1.807, 2.05) is 36.4 Å². The summed E-state index contributed by atoms with van der Waals surface area (Å²) in [5, 5.41) is 10.0. The van der Waals surface area contributed by atoms with E-state index in [1.165, 1.54) is 28.4 Å². The minimum Gasteiger partial charge on any atom is -0.480 e. The van der Waals surface area contributed by atoms with Crippen LogP contribution in [-0.2, 0) is 16.0 Å². The van der Waals surface area contributed by atoms with Crippen LogP contribution in [0.15, 0.2) is 66.7 Å².